The van der Waals surface area contributed by atoms with E-state index in [1.807, 2.05) is 12.1 Å². The molecule has 0 bridgehead atoms. The highest BCUT2D eigenvalue weighted by Gasteiger charge is 2.28. The summed E-state index contributed by atoms with van der Waals surface area (Å²) in [5.74, 6) is 1.70. The van der Waals surface area contributed by atoms with Gasteiger partial charge in [0.15, 0.2) is 0 Å². The summed E-state index contributed by atoms with van der Waals surface area (Å²) in [4.78, 5) is 0. The van der Waals surface area contributed by atoms with E-state index in [1.165, 1.54) is 5.56 Å². The van der Waals surface area contributed by atoms with Crippen molar-refractivity contribution in [1.82, 2.24) is 5.32 Å². The van der Waals surface area contributed by atoms with Crippen LogP contribution in [0.4, 0.5) is 8.78 Å². The van der Waals surface area contributed by atoms with Gasteiger partial charge in [-0.05, 0) is 42.8 Å². The van der Waals surface area contributed by atoms with Crippen molar-refractivity contribution < 1.29 is 8.78 Å². The van der Waals surface area contributed by atoms with E-state index in [-0.39, 0.29) is 5.56 Å². The Hall–Kier alpha value is -0.960. The Balaban J connectivity index is 2.18. The maximum atomic E-state index is 12.5. The van der Waals surface area contributed by atoms with Gasteiger partial charge in [-0.3, -0.25) is 0 Å². The Bertz CT molecular complexity index is 373. The van der Waals surface area contributed by atoms with Gasteiger partial charge in [-0.1, -0.05) is 38.1 Å². The van der Waals surface area contributed by atoms with Crippen LogP contribution in [0.25, 0.3) is 0 Å². The first-order valence-electron chi connectivity index (χ1n) is 6.68. The first-order valence-corrected chi connectivity index (χ1v) is 6.68. The topological polar surface area (TPSA) is 12.0 Å². The number of hydrogen-bond donors (Lipinski definition) is 1. The molecule has 0 aromatic heterocycles. The lowest BCUT2D eigenvalue weighted by molar-refractivity contribution is 0.151. The molecule has 0 radical (unpaired) electrons. The van der Waals surface area contributed by atoms with Crippen molar-refractivity contribution in [2.75, 3.05) is 13.1 Å². The minimum atomic E-state index is -2.37. The van der Waals surface area contributed by atoms with Crippen LogP contribution in [0.2, 0.25) is 0 Å². The minimum absolute atomic E-state index is 0.119. The van der Waals surface area contributed by atoms with Crippen LogP contribution in [0.5, 0.6) is 0 Å². The quantitative estimate of drug-likeness (QED) is 0.859. The number of hydrogen-bond acceptors (Lipinski definition) is 1. The van der Waals surface area contributed by atoms with Gasteiger partial charge in [0, 0.05) is 5.56 Å². The van der Waals surface area contributed by atoms with Gasteiger partial charge >= 0.3 is 0 Å². The number of alkyl halides is 2. The normalized spacial score (nSPS) is 24.8. The molecule has 1 aromatic carbocycles. The largest absolute Gasteiger partial charge is 0.316 e. The van der Waals surface area contributed by atoms with E-state index in [9.17, 15) is 8.78 Å². The fraction of sp³-hybridized carbons (Fsp3) is 0.600. The Morgan fingerprint density at radius 1 is 1.17 bits per heavy atom. The fourth-order valence-electron chi connectivity index (χ4n) is 2.89. The molecule has 0 spiro atoms. The lowest BCUT2D eigenvalue weighted by Gasteiger charge is -2.35. The number of nitrogens with one attached hydrogen (secondary N) is 1. The Morgan fingerprint density at radius 2 is 1.83 bits per heavy atom. The Kier molecular flexibility index (Phi) is 4.33. The summed E-state index contributed by atoms with van der Waals surface area (Å²) in [6.07, 6.45) is -1.27. The van der Waals surface area contributed by atoms with E-state index < -0.39 is 6.43 Å². The average molecular weight is 253 g/mol. The maximum absolute atomic E-state index is 12.5. The first kappa shape index (κ1) is 13.5. The third-order valence-electron chi connectivity index (χ3n) is 4.00. The summed E-state index contributed by atoms with van der Waals surface area (Å²) in [6, 6.07) is 6.90. The molecule has 2 rings (SSSR count). The van der Waals surface area contributed by atoms with E-state index >= 15 is 0 Å². The lowest BCUT2D eigenvalue weighted by Crippen LogP contribution is -2.38. The average Bonchev–Trinajstić information content (AvgIpc) is 2.39. The van der Waals surface area contributed by atoms with Gasteiger partial charge in [-0.2, -0.15) is 0 Å². The van der Waals surface area contributed by atoms with E-state index in [2.05, 4.69) is 19.2 Å². The van der Waals surface area contributed by atoms with Gasteiger partial charge in [-0.15, -0.1) is 0 Å². The zero-order valence-corrected chi connectivity index (χ0v) is 11.0. The molecule has 3 heteroatoms. The summed E-state index contributed by atoms with van der Waals surface area (Å²) in [7, 11) is 0. The van der Waals surface area contributed by atoms with Gasteiger partial charge < -0.3 is 5.32 Å². The molecule has 1 aliphatic heterocycles. The molecule has 1 fully saturated rings. The molecule has 2 unspecified atom stereocenters. The molecule has 1 aromatic rings. The second-order valence-electron chi connectivity index (χ2n) is 5.47. The SMILES string of the molecule is CC(C)C1CNCCC1c1ccc(C(F)F)cc1. The molecule has 1 aliphatic rings. The second-order valence-corrected chi connectivity index (χ2v) is 5.47. The van der Waals surface area contributed by atoms with Crippen molar-refractivity contribution in [2.24, 2.45) is 11.8 Å². The van der Waals surface area contributed by atoms with Gasteiger partial charge in [0.25, 0.3) is 6.43 Å². The first-order chi connectivity index (χ1) is 8.59. The van der Waals surface area contributed by atoms with Gasteiger partial charge in [0.05, 0.1) is 0 Å². The van der Waals surface area contributed by atoms with Gasteiger partial charge in [0.1, 0.15) is 0 Å². The molecule has 1 N–H and O–H groups in total. The van der Waals surface area contributed by atoms with E-state index in [1.54, 1.807) is 12.1 Å². The number of halogens is 2. The smallest absolute Gasteiger partial charge is 0.263 e. The maximum Gasteiger partial charge on any atom is 0.263 e. The summed E-state index contributed by atoms with van der Waals surface area (Å²) >= 11 is 0. The van der Waals surface area contributed by atoms with Gasteiger partial charge in [-0.25, -0.2) is 8.78 Å². The predicted octanol–water partition coefficient (Wildman–Crippen LogP) is 3.97. The van der Waals surface area contributed by atoms with Crippen molar-refractivity contribution in [1.29, 1.82) is 0 Å². The molecule has 1 nitrogen and oxygen atoms in total. The molecule has 1 saturated heterocycles. The van der Waals surface area contributed by atoms with E-state index in [4.69, 9.17) is 0 Å². The van der Waals surface area contributed by atoms with E-state index in [0.717, 1.165) is 19.5 Å². The monoisotopic (exact) mass is 253 g/mol. The van der Waals surface area contributed by atoms with Gasteiger partial charge in [0.2, 0.25) is 0 Å². The molecular formula is C15H21F2N. The summed E-state index contributed by atoms with van der Waals surface area (Å²) in [6.45, 7) is 6.51. The lowest BCUT2D eigenvalue weighted by atomic mass is 9.75. The van der Waals surface area contributed by atoms with Crippen LogP contribution in [-0.2, 0) is 0 Å². The molecule has 0 amide bonds. The van der Waals surface area contributed by atoms with Crippen LogP contribution in [0.15, 0.2) is 24.3 Å². The van der Waals surface area contributed by atoms with Crippen molar-refractivity contribution in [3.63, 3.8) is 0 Å². The van der Waals surface area contributed by atoms with Crippen molar-refractivity contribution in [3.8, 4) is 0 Å². The molecule has 100 valence electrons. The van der Waals surface area contributed by atoms with Crippen LogP contribution >= 0.6 is 0 Å². The molecule has 0 aliphatic carbocycles. The standard InChI is InChI=1S/C15H21F2N/c1-10(2)14-9-18-8-7-13(14)11-3-5-12(6-4-11)15(16)17/h3-6,10,13-15,18H,7-9H2,1-2H3. The highest BCUT2D eigenvalue weighted by molar-refractivity contribution is 5.27. The predicted molar refractivity (Wildman–Crippen MR) is 70.0 cm³/mol. The summed E-state index contributed by atoms with van der Waals surface area (Å²) in [5.41, 5.74) is 1.33. The summed E-state index contributed by atoms with van der Waals surface area (Å²) < 4.78 is 25.1. The zero-order chi connectivity index (χ0) is 13.1. The number of benzene rings is 1. The Morgan fingerprint density at radius 3 is 2.39 bits per heavy atom. The molecule has 0 saturated carbocycles. The van der Waals surface area contributed by atoms with Crippen molar-refractivity contribution in [3.05, 3.63) is 35.4 Å². The van der Waals surface area contributed by atoms with Crippen LogP contribution < -0.4 is 5.32 Å². The van der Waals surface area contributed by atoms with Crippen LogP contribution in [-0.4, -0.2) is 13.1 Å². The fourth-order valence-corrected chi connectivity index (χ4v) is 2.89. The number of rotatable bonds is 3. The molecule has 18 heavy (non-hydrogen) atoms. The highest BCUT2D eigenvalue weighted by Crippen LogP contribution is 2.35. The zero-order valence-electron chi connectivity index (χ0n) is 11.0. The van der Waals surface area contributed by atoms with Crippen molar-refractivity contribution >= 4 is 0 Å². The van der Waals surface area contributed by atoms with Crippen LogP contribution in [0, 0.1) is 11.8 Å². The van der Waals surface area contributed by atoms with Crippen LogP contribution in [0.3, 0.4) is 0 Å². The van der Waals surface area contributed by atoms with Crippen molar-refractivity contribution in [2.45, 2.75) is 32.6 Å². The Labute approximate surface area is 108 Å². The molecule has 2 atom stereocenters. The second kappa shape index (κ2) is 5.79. The third-order valence-corrected chi connectivity index (χ3v) is 4.00. The molecular weight excluding hydrogens is 232 g/mol. The summed E-state index contributed by atoms with van der Waals surface area (Å²) in [5, 5.41) is 3.43. The van der Waals surface area contributed by atoms with Crippen LogP contribution in [0.1, 0.15) is 43.7 Å². The highest BCUT2D eigenvalue weighted by atomic mass is 19.3. The minimum Gasteiger partial charge on any atom is -0.316 e. The number of piperidine rings is 1. The van der Waals surface area contributed by atoms with E-state index in [0.29, 0.717) is 17.8 Å². The third kappa shape index (κ3) is 2.89. The molecule has 1 heterocycles.